The lowest BCUT2D eigenvalue weighted by atomic mass is 9.91. The number of methoxy groups -OCH3 is 1. The van der Waals surface area contributed by atoms with Gasteiger partial charge in [0.1, 0.15) is 24.1 Å². The molecule has 2 saturated heterocycles. The second-order valence-corrected chi connectivity index (χ2v) is 8.79. The molecule has 0 bridgehead atoms. The lowest BCUT2D eigenvalue weighted by Gasteiger charge is -2.47. The molecule has 12 heteroatoms. The number of fused-ring (bicyclic) bond motifs is 1. The van der Waals surface area contributed by atoms with E-state index in [-0.39, 0.29) is 18.0 Å². The van der Waals surface area contributed by atoms with Crippen LogP contribution in [0, 0.1) is 16.0 Å². The van der Waals surface area contributed by atoms with Gasteiger partial charge in [0.2, 0.25) is 0 Å². The number of nitro benzene ring substituents is 1. The maximum Gasteiger partial charge on any atom is 0.449 e. The number of non-ortho nitro benzene ring substituents is 1. The van der Waals surface area contributed by atoms with Crippen LogP contribution in [0.4, 0.5) is 5.69 Å². The second kappa shape index (κ2) is 9.71. The average molecular weight is 481 g/mol. The van der Waals surface area contributed by atoms with Crippen LogP contribution < -0.4 is 4.18 Å². The van der Waals surface area contributed by atoms with Crippen molar-refractivity contribution in [1.82, 2.24) is 0 Å². The lowest BCUT2D eigenvalue weighted by molar-refractivity contribution is -0.384. The van der Waals surface area contributed by atoms with Crippen molar-refractivity contribution in [3.8, 4) is 5.75 Å². The van der Waals surface area contributed by atoms with E-state index >= 15 is 0 Å². The first-order chi connectivity index (χ1) is 15.8. The molecule has 2 heterocycles. The fourth-order valence-corrected chi connectivity index (χ4v) is 4.74. The quantitative estimate of drug-likeness (QED) is 0.429. The summed E-state index contributed by atoms with van der Waals surface area (Å²) < 4.78 is 58.9. The monoisotopic (exact) mass is 481 g/mol. The first kappa shape index (κ1) is 23.5. The first-order valence-corrected chi connectivity index (χ1v) is 11.5. The molecule has 0 aromatic heterocycles. The molecule has 2 aliphatic heterocycles. The van der Waals surface area contributed by atoms with Gasteiger partial charge < -0.3 is 23.1 Å². The Kier molecular flexibility index (Phi) is 6.93. The fourth-order valence-electron chi connectivity index (χ4n) is 3.80. The molecule has 3 unspecified atom stereocenters. The Hall–Kier alpha value is -2.61. The molecule has 2 aromatic carbocycles. The van der Waals surface area contributed by atoms with Crippen LogP contribution in [0.25, 0.3) is 0 Å². The SMILES string of the molecule is CO[C@H]1OC2COC(c3ccccc3)O[C@H]2[C@H](OS(=O)(=O)Oc2ccc([N+](=O)[O-])cc2)C1C. The zero-order valence-corrected chi connectivity index (χ0v) is 18.6. The van der Waals surface area contributed by atoms with Gasteiger partial charge in [-0.2, -0.15) is 8.42 Å². The topological polar surface area (TPSA) is 133 Å². The Morgan fingerprint density at radius 2 is 1.76 bits per heavy atom. The third-order valence-electron chi connectivity index (χ3n) is 5.42. The highest BCUT2D eigenvalue weighted by Crippen LogP contribution is 2.38. The van der Waals surface area contributed by atoms with Gasteiger partial charge in [-0.3, -0.25) is 10.1 Å². The number of nitro groups is 1. The molecule has 4 rings (SSSR count). The number of nitrogens with zero attached hydrogens (tertiary/aromatic N) is 1. The Morgan fingerprint density at radius 1 is 1.06 bits per heavy atom. The van der Waals surface area contributed by atoms with Crippen molar-refractivity contribution in [3.63, 3.8) is 0 Å². The summed E-state index contributed by atoms with van der Waals surface area (Å²) in [6.07, 6.45) is -3.92. The molecule has 0 amide bonds. The van der Waals surface area contributed by atoms with Crippen molar-refractivity contribution in [2.45, 2.75) is 37.8 Å². The number of ether oxygens (including phenoxy) is 4. The van der Waals surface area contributed by atoms with Crippen molar-refractivity contribution in [1.29, 1.82) is 0 Å². The molecule has 0 spiro atoms. The van der Waals surface area contributed by atoms with Gasteiger partial charge in [-0.05, 0) is 12.1 Å². The van der Waals surface area contributed by atoms with Gasteiger partial charge >= 0.3 is 10.4 Å². The van der Waals surface area contributed by atoms with E-state index in [2.05, 4.69) is 0 Å². The van der Waals surface area contributed by atoms with E-state index in [1.807, 2.05) is 30.3 Å². The van der Waals surface area contributed by atoms with Crippen molar-refractivity contribution in [2.24, 2.45) is 5.92 Å². The summed E-state index contributed by atoms with van der Waals surface area (Å²) in [7, 11) is -3.12. The highest BCUT2D eigenvalue weighted by atomic mass is 32.3. The third kappa shape index (κ3) is 5.32. The van der Waals surface area contributed by atoms with Crippen LogP contribution in [0.5, 0.6) is 5.75 Å². The van der Waals surface area contributed by atoms with E-state index in [4.69, 9.17) is 27.3 Å². The molecule has 6 atom stereocenters. The van der Waals surface area contributed by atoms with Crippen LogP contribution in [-0.2, 0) is 33.5 Å². The van der Waals surface area contributed by atoms with Crippen molar-refractivity contribution >= 4 is 16.1 Å². The largest absolute Gasteiger partial charge is 0.449 e. The first-order valence-electron chi connectivity index (χ1n) is 10.1. The summed E-state index contributed by atoms with van der Waals surface area (Å²) in [6.45, 7) is 1.85. The molecule has 2 fully saturated rings. The van der Waals surface area contributed by atoms with E-state index in [9.17, 15) is 18.5 Å². The summed E-state index contributed by atoms with van der Waals surface area (Å²) in [5.41, 5.74) is 0.563. The van der Waals surface area contributed by atoms with Gasteiger partial charge in [-0.1, -0.05) is 37.3 Å². The zero-order chi connectivity index (χ0) is 23.6. The van der Waals surface area contributed by atoms with E-state index in [0.717, 1.165) is 17.7 Å². The number of hydrogen-bond donors (Lipinski definition) is 0. The van der Waals surface area contributed by atoms with Crippen molar-refractivity contribution in [3.05, 3.63) is 70.3 Å². The smallest absolute Gasteiger partial charge is 0.362 e. The summed E-state index contributed by atoms with van der Waals surface area (Å²) in [4.78, 5) is 10.2. The predicted octanol–water partition coefficient (Wildman–Crippen LogP) is 2.73. The Balaban J connectivity index is 1.53. The van der Waals surface area contributed by atoms with E-state index in [0.29, 0.717) is 0 Å². The minimum absolute atomic E-state index is 0.129. The maximum atomic E-state index is 12.7. The van der Waals surface area contributed by atoms with Gasteiger partial charge in [0.25, 0.3) is 5.69 Å². The van der Waals surface area contributed by atoms with Crippen LogP contribution in [0.2, 0.25) is 0 Å². The van der Waals surface area contributed by atoms with Gasteiger partial charge in [0, 0.05) is 30.7 Å². The van der Waals surface area contributed by atoms with Gasteiger partial charge in [0.15, 0.2) is 12.6 Å². The average Bonchev–Trinajstić information content (AvgIpc) is 2.81. The predicted molar refractivity (Wildman–Crippen MR) is 112 cm³/mol. The van der Waals surface area contributed by atoms with Crippen LogP contribution in [0.15, 0.2) is 54.6 Å². The highest BCUT2D eigenvalue weighted by molar-refractivity contribution is 7.82. The standard InChI is InChI=1S/C21H23NO10S/c1-13-18(32-33(25,26)31-16-10-8-15(9-11-16)22(23)24)19-17(29-20(13)27-2)12-28-21(30-19)14-6-4-3-5-7-14/h3-11,13,17-21H,12H2,1-2H3/t13?,17?,18-,19-,20+,21?/m1/s1. The van der Waals surface area contributed by atoms with E-state index in [1.165, 1.54) is 19.2 Å². The van der Waals surface area contributed by atoms with E-state index < -0.39 is 52.1 Å². The normalized spacial score (nSPS) is 29.8. The minimum atomic E-state index is -4.57. The summed E-state index contributed by atoms with van der Waals surface area (Å²) in [5, 5.41) is 10.8. The molecule has 178 valence electrons. The van der Waals surface area contributed by atoms with Crippen molar-refractivity contribution in [2.75, 3.05) is 13.7 Å². The Morgan fingerprint density at radius 3 is 2.39 bits per heavy atom. The molecule has 2 aromatic rings. The van der Waals surface area contributed by atoms with Crippen LogP contribution in [0.1, 0.15) is 18.8 Å². The highest BCUT2D eigenvalue weighted by Gasteiger charge is 2.51. The van der Waals surface area contributed by atoms with Gasteiger partial charge in [0.05, 0.1) is 11.5 Å². The Bertz CT molecular complexity index is 1060. The van der Waals surface area contributed by atoms with Gasteiger partial charge in [-0.15, -0.1) is 0 Å². The minimum Gasteiger partial charge on any atom is -0.362 e. The molecular weight excluding hydrogens is 458 g/mol. The molecule has 11 nitrogen and oxygen atoms in total. The van der Waals surface area contributed by atoms with E-state index in [1.54, 1.807) is 6.92 Å². The molecular formula is C21H23NO10S. The molecule has 0 saturated carbocycles. The van der Waals surface area contributed by atoms with Gasteiger partial charge in [-0.25, -0.2) is 4.18 Å². The zero-order valence-electron chi connectivity index (χ0n) is 17.8. The molecule has 2 aliphatic rings. The molecule has 0 radical (unpaired) electrons. The summed E-state index contributed by atoms with van der Waals surface area (Å²) in [6, 6.07) is 13.8. The fraction of sp³-hybridized carbons (Fsp3) is 0.429. The van der Waals surface area contributed by atoms with Crippen LogP contribution >= 0.6 is 0 Å². The van der Waals surface area contributed by atoms with Crippen molar-refractivity contribution < 1.29 is 40.7 Å². The van der Waals surface area contributed by atoms with Crippen LogP contribution in [-0.4, -0.2) is 51.7 Å². The second-order valence-electron chi connectivity index (χ2n) is 7.62. The molecule has 0 N–H and O–H groups in total. The third-order valence-corrected chi connectivity index (χ3v) is 6.27. The maximum absolute atomic E-state index is 12.7. The van der Waals surface area contributed by atoms with Crippen LogP contribution in [0.3, 0.4) is 0 Å². The number of rotatable bonds is 7. The molecule has 0 aliphatic carbocycles. The summed E-state index contributed by atoms with van der Waals surface area (Å²) >= 11 is 0. The lowest BCUT2D eigenvalue weighted by Crippen LogP contribution is -2.60. The number of hydrogen-bond acceptors (Lipinski definition) is 10. The summed E-state index contributed by atoms with van der Waals surface area (Å²) in [5.74, 6) is -0.670. The molecule has 33 heavy (non-hydrogen) atoms. The number of benzene rings is 2. The Labute approximate surface area is 190 Å².